The molecular weight excluding hydrogens is 158 g/mol. The molecule has 2 aliphatic carbocycles. The third kappa shape index (κ3) is 0.969. The summed E-state index contributed by atoms with van der Waals surface area (Å²) in [5.41, 5.74) is 9.21. The maximum absolute atomic E-state index is 6.13. The Bertz CT molecular complexity index is 332. The molecule has 0 saturated heterocycles. The number of benzene rings is 1. The van der Waals surface area contributed by atoms with E-state index in [0.717, 1.165) is 18.3 Å². The van der Waals surface area contributed by atoms with E-state index in [2.05, 4.69) is 24.3 Å². The average molecular weight is 173 g/mol. The molecule has 3 rings (SSSR count). The summed E-state index contributed by atoms with van der Waals surface area (Å²) < 4.78 is 0. The fourth-order valence-electron chi connectivity index (χ4n) is 2.91. The van der Waals surface area contributed by atoms with Crippen molar-refractivity contribution in [2.75, 3.05) is 0 Å². The van der Waals surface area contributed by atoms with Crippen molar-refractivity contribution in [1.82, 2.24) is 0 Å². The van der Waals surface area contributed by atoms with Gasteiger partial charge in [0.25, 0.3) is 0 Å². The van der Waals surface area contributed by atoms with Gasteiger partial charge in [0.15, 0.2) is 0 Å². The third-order valence-electron chi connectivity index (χ3n) is 3.79. The van der Waals surface area contributed by atoms with Crippen molar-refractivity contribution < 1.29 is 0 Å². The van der Waals surface area contributed by atoms with Gasteiger partial charge < -0.3 is 5.73 Å². The summed E-state index contributed by atoms with van der Waals surface area (Å²) in [6, 6.07) is 9.24. The van der Waals surface area contributed by atoms with Crippen LogP contribution >= 0.6 is 0 Å². The Balaban J connectivity index is 2.07. The maximum atomic E-state index is 6.13. The second kappa shape index (κ2) is 2.58. The van der Waals surface area contributed by atoms with Crippen molar-refractivity contribution in [2.24, 2.45) is 11.7 Å². The molecule has 2 N–H and O–H groups in total. The van der Waals surface area contributed by atoms with Gasteiger partial charge in [0.05, 0.1) is 0 Å². The molecule has 0 bridgehead atoms. The van der Waals surface area contributed by atoms with Crippen LogP contribution in [-0.2, 0) is 6.42 Å². The first kappa shape index (κ1) is 7.57. The van der Waals surface area contributed by atoms with E-state index >= 15 is 0 Å². The highest BCUT2D eigenvalue weighted by atomic mass is 14.7. The van der Waals surface area contributed by atoms with Crippen molar-refractivity contribution in [1.29, 1.82) is 0 Å². The standard InChI is InChI=1S/C12H15N/c13-12-7-8-3-1-2-4-9(8)10-5-6-11(10)12/h1-4,10-12H,5-7,13H2. The molecule has 1 saturated carbocycles. The van der Waals surface area contributed by atoms with Crippen LogP contribution in [0.5, 0.6) is 0 Å². The summed E-state index contributed by atoms with van der Waals surface area (Å²) in [5, 5.41) is 0. The van der Waals surface area contributed by atoms with Crippen molar-refractivity contribution in [3.8, 4) is 0 Å². The molecule has 2 aliphatic rings. The Labute approximate surface area is 78.9 Å². The van der Waals surface area contributed by atoms with Gasteiger partial charge >= 0.3 is 0 Å². The van der Waals surface area contributed by atoms with Crippen molar-refractivity contribution in [2.45, 2.75) is 31.2 Å². The molecule has 1 aromatic rings. The van der Waals surface area contributed by atoms with E-state index in [-0.39, 0.29) is 0 Å². The van der Waals surface area contributed by atoms with Crippen LogP contribution in [0.25, 0.3) is 0 Å². The summed E-state index contributed by atoms with van der Waals surface area (Å²) in [6.45, 7) is 0. The fourth-order valence-corrected chi connectivity index (χ4v) is 2.91. The second-order valence-electron chi connectivity index (χ2n) is 4.41. The lowest BCUT2D eigenvalue weighted by molar-refractivity contribution is 0.194. The SMILES string of the molecule is NC1Cc2ccccc2C2CCC12. The van der Waals surface area contributed by atoms with Gasteiger partial charge in [-0.05, 0) is 42.2 Å². The van der Waals surface area contributed by atoms with Crippen LogP contribution in [-0.4, -0.2) is 6.04 Å². The number of hydrogen-bond donors (Lipinski definition) is 1. The van der Waals surface area contributed by atoms with Crippen molar-refractivity contribution in [3.05, 3.63) is 35.4 Å². The molecule has 0 aromatic heterocycles. The van der Waals surface area contributed by atoms with Gasteiger partial charge in [-0.1, -0.05) is 24.3 Å². The molecule has 0 heterocycles. The Hall–Kier alpha value is -0.820. The molecule has 0 amide bonds. The lowest BCUT2D eigenvalue weighted by Crippen LogP contribution is -2.45. The first-order valence-corrected chi connectivity index (χ1v) is 5.19. The topological polar surface area (TPSA) is 26.0 Å². The third-order valence-corrected chi connectivity index (χ3v) is 3.79. The largest absolute Gasteiger partial charge is 0.327 e. The normalized spacial score (nSPS) is 35.9. The van der Waals surface area contributed by atoms with Gasteiger partial charge in [-0.2, -0.15) is 0 Å². The van der Waals surface area contributed by atoms with Gasteiger partial charge in [-0.25, -0.2) is 0 Å². The van der Waals surface area contributed by atoms with E-state index in [1.807, 2.05) is 0 Å². The highest BCUT2D eigenvalue weighted by molar-refractivity contribution is 5.36. The molecule has 0 spiro atoms. The van der Waals surface area contributed by atoms with Crippen LogP contribution in [0.3, 0.4) is 0 Å². The van der Waals surface area contributed by atoms with Gasteiger partial charge in [0.1, 0.15) is 0 Å². The van der Waals surface area contributed by atoms with Crippen molar-refractivity contribution in [3.63, 3.8) is 0 Å². The maximum Gasteiger partial charge on any atom is 0.0114 e. The van der Waals surface area contributed by atoms with Gasteiger partial charge in [0, 0.05) is 6.04 Å². The Morgan fingerprint density at radius 2 is 2.00 bits per heavy atom. The minimum atomic E-state index is 0.425. The summed E-state index contributed by atoms with van der Waals surface area (Å²) in [7, 11) is 0. The number of hydrogen-bond acceptors (Lipinski definition) is 1. The zero-order chi connectivity index (χ0) is 8.84. The van der Waals surface area contributed by atoms with E-state index in [0.29, 0.717) is 6.04 Å². The number of fused-ring (bicyclic) bond motifs is 3. The zero-order valence-electron chi connectivity index (χ0n) is 7.74. The van der Waals surface area contributed by atoms with Crippen LogP contribution in [0.2, 0.25) is 0 Å². The Kier molecular flexibility index (Phi) is 1.50. The first-order chi connectivity index (χ1) is 6.36. The molecular formula is C12H15N. The molecule has 0 aliphatic heterocycles. The highest BCUT2D eigenvalue weighted by Crippen LogP contribution is 2.48. The molecule has 3 atom stereocenters. The summed E-state index contributed by atoms with van der Waals surface area (Å²) in [6.07, 6.45) is 3.80. The lowest BCUT2D eigenvalue weighted by Gasteiger charge is -2.45. The van der Waals surface area contributed by atoms with Gasteiger partial charge in [-0.3, -0.25) is 0 Å². The molecule has 1 aromatic carbocycles. The summed E-state index contributed by atoms with van der Waals surface area (Å²) >= 11 is 0. The Morgan fingerprint density at radius 3 is 2.77 bits per heavy atom. The predicted octanol–water partition coefficient (Wildman–Crippen LogP) is 2.06. The van der Waals surface area contributed by atoms with Gasteiger partial charge in [0.2, 0.25) is 0 Å². The summed E-state index contributed by atoms with van der Waals surface area (Å²) in [4.78, 5) is 0. The lowest BCUT2D eigenvalue weighted by atomic mass is 9.61. The molecule has 1 fully saturated rings. The zero-order valence-corrected chi connectivity index (χ0v) is 7.74. The minimum Gasteiger partial charge on any atom is -0.327 e. The van der Waals surface area contributed by atoms with E-state index < -0.39 is 0 Å². The summed E-state index contributed by atoms with van der Waals surface area (Å²) in [5.74, 6) is 1.58. The van der Waals surface area contributed by atoms with Crippen molar-refractivity contribution >= 4 is 0 Å². The molecule has 1 nitrogen and oxygen atoms in total. The number of rotatable bonds is 0. The predicted molar refractivity (Wildman–Crippen MR) is 53.6 cm³/mol. The molecule has 13 heavy (non-hydrogen) atoms. The quantitative estimate of drug-likeness (QED) is 0.638. The monoisotopic (exact) mass is 173 g/mol. The van der Waals surface area contributed by atoms with Crippen LogP contribution in [0.4, 0.5) is 0 Å². The van der Waals surface area contributed by atoms with Crippen LogP contribution in [0.15, 0.2) is 24.3 Å². The van der Waals surface area contributed by atoms with E-state index in [9.17, 15) is 0 Å². The Morgan fingerprint density at radius 1 is 1.15 bits per heavy atom. The highest BCUT2D eigenvalue weighted by Gasteiger charge is 2.40. The first-order valence-electron chi connectivity index (χ1n) is 5.19. The van der Waals surface area contributed by atoms with Crippen LogP contribution < -0.4 is 5.73 Å². The van der Waals surface area contributed by atoms with E-state index in [1.54, 1.807) is 5.56 Å². The second-order valence-corrected chi connectivity index (χ2v) is 4.41. The molecule has 0 radical (unpaired) electrons. The smallest absolute Gasteiger partial charge is 0.0114 e. The fraction of sp³-hybridized carbons (Fsp3) is 0.500. The average Bonchev–Trinajstić information content (AvgIpc) is 2.04. The molecule has 68 valence electrons. The van der Waals surface area contributed by atoms with Crippen LogP contribution in [0, 0.1) is 5.92 Å². The van der Waals surface area contributed by atoms with Crippen LogP contribution in [0.1, 0.15) is 29.9 Å². The van der Waals surface area contributed by atoms with Gasteiger partial charge in [-0.15, -0.1) is 0 Å². The molecule has 1 heteroatoms. The van der Waals surface area contributed by atoms with E-state index in [4.69, 9.17) is 5.73 Å². The molecule has 3 unspecified atom stereocenters. The number of nitrogens with two attached hydrogens (primary N) is 1. The van der Waals surface area contributed by atoms with E-state index in [1.165, 1.54) is 18.4 Å². The minimum absolute atomic E-state index is 0.425.